The number of rotatable bonds is 5. The Hall–Kier alpha value is -3.69. The molecule has 3 heterocycles. The first-order valence-corrected chi connectivity index (χ1v) is 13.4. The van der Waals surface area contributed by atoms with Gasteiger partial charge in [-0.2, -0.15) is 0 Å². The number of amides is 2. The molecular weight excluding hydrogens is 511 g/mol. The number of hydrogen-bond donors (Lipinski definition) is 1. The maximum absolute atomic E-state index is 13.8. The van der Waals surface area contributed by atoms with Crippen molar-refractivity contribution < 1.29 is 18.7 Å². The number of aromatic nitrogens is 1. The molecular formula is C28H21FN2O4S2. The molecule has 0 spiro atoms. The van der Waals surface area contributed by atoms with Crippen LogP contribution in [0.2, 0.25) is 0 Å². The zero-order chi connectivity index (χ0) is 25.7. The molecule has 0 aliphatic carbocycles. The fraction of sp³-hybridized carbons (Fsp3) is 0.179. The van der Waals surface area contributed by atoms with Gasteiger partial charge in [0, 0.05) is 16.4 Å². The van der Waals surface area contributed by atoms with E-state index in [0.29, 0.717) is 27.9 Å². The number of nitrogens with one attached hydrogen (secondary N) is 1. The summed E-state index contributed by atoms with van der Waals surface area (Å²) in [6, 6.07) is 20.7. The Bertz CT molecular complexity index is 1580. The van der Waals surface area contributed by atoms with Gasteiger partial charge in [0.05, 0.1) is 16.6 Å². The Morgan fingerprint density at radius 3 is 2.46 bits per heavy atom. The number of carbonyl (C=O) groups excluding carboxylic acids is 2. The van der Waals surface area contributed by atoms with Crippen LogP contribution in [-0.4, -0.2) is 22.0 Å². The summed E-state index contributed by atoms with van der Waals surface area (Å²) in [7, 11) is 0. The zero-order valence-electron chi connectivity index (χ0n) is 19.6. The normalized spacial score (nSPS) is 20.6. The average molecular weight is 533 g/mol. The van der Waals surface area contributed by atoms with E-state index in [1.54, 1.807) is 0 Å². The Labute approximate surface area is 220 Å². The highest BCUT2D eigenvalue weighted by Crippen LogP contribution is 2.54. The summed E-state index contributed by atoms with van der Waals surface area (Å²) in [6.07, 6.45) is 0. The fourth-order valence-corrected chi connectivity index (χ4v) is 7.50. The number of aromatic amines is 1. The van der Waals surface area contributed by atoms with Gasteiger partial charge in [-0.25, -0.2) is 9.29 Å². The molecule has 4 aromatic rings. The number of carbonyl (C=O) groups is 2. The minimum Gasteiger partial charge on any atom is -0.489 e. The number of benzene rings is 3. The number of H-pyrrole nitrogens is 1. The van der Waals surface area contributed by atoms with Crippen molar-refractivity contribution in [1.29, 1.82) is 0 Å². The van der Waals surface area contributed by atoms with Gasteiger partial charge in [-0.15, -0.1) is 0 Å². The van der Waals surface area contributed by atoms with Crippen LogP contribution in [-0.2, 0) is 16.2 Å². The zero-order valence-corrected chi connectivity index (χ0v) is 21.3. The molecule has 6 nitrogen and oxygen atoms in total. The molecule has 186 valence electrons. The van der Waals surface area contributed by atoms with E-state index in [1.807, 2.05) is 55.5 Å². The van der Waals surface area contributed by atoms with Gasteiger partial charge >= 0.3 is 4.87 Å². The predicted molar refractivity (Wildman–Crippen MR) is 141 cm³/mol. The van der Waals surface area contributed by atoms with Crippen molar-refractivity contribution >= 4 is 40.6 Å². The van der Waals surface area contributed by atoms with Crippen LogP contribution in [0.5, 0.6) is 5.75 Å². The number of nitrogens with zero attached hydrogens (tertiary/aromatic N) is 1. The summed E-state index contributed by atoms with van der Waals surface area (Å²) in [5.74, 6) is -1.92. The topological polar surface area (TPSA) is 79.5 Å². The van der Waals surface area contributed by atoms with Gasteiger partial charge in [-0.1, -0.05) is 65.6 Å². The molecule has 6 rings (SSSR count). The lowest BCUT2D eigenvalue weighted by molar-refractivity contribution is -0.122. The number of fused-ring (bicyclic) bond motifs is 2. The van der Waals surface area contributed by atoms with Crippen molar-refractivity contribution in [2.24, 2.45) is 5.92 Å². The van der Waals surface area contributed by atoms with E-state index >= 15 is 0 Å². The second-order valence-corrected chi connectivity index (χ2v) is 11.2. The average Bonchev–Trinajstić information content (AvgIpc) is 3.39. The lowest BCUT2D eigenvalue weighted by Crippen LogP contribution is -2.32. The molecule has 2 unspecified atom stereocenters. The third kappa shape index (κ3) is 4.08. The number of para-hydroxylation sites is 1. The van der Waals surface area contributed by atoms with Crippen LogP contribution < -0.4 is 14.5 Å². The molecule has 1 aromatic heterocycles. The van der Waals surface area contributed by atoms with E-state index in [-0.39, 0.29) is 16.7 Å². The molecule has 1 saturated heterocycles. The monoisotopic (exact) mass is 532 g/mol. The van der Waals surface area contributed by atoms with Crippen molar-refractivity contribution in [2.75, 3.05) is 4.90 Å². The number of anilines is 1. The second-order valence-electron chi connectivity index (χ2n) is 8.99. The first kappa shape index (κ1) is 23.7. The molecule has 2 amide bonds. The van der Waals surface area contributed by atoms with Crippen molar-refractivity contribution in [3.05, 3.63) is 110 Å². The molecule has 37 heavy (non-hydrogen) atoms. The van der Waals surface area contributed by atoms with Crippen molar-refractivity contribution in [3.63, 3.8) is 0 Å². The van der Waals surface area contributed by atoms with Crippen LogP contribution in [0.3, 0.4) is 0 Å². The highest BCUT2D eigenvalue weighted by molar-refractivity contribution is 8.00. The van der Waals surface area contributed by atoms with E-state index in [0.717, 1.165) is 32.9 Å². The Balaban J connectivity index is 1.43. The maximum Gasteiger partial charge on any atom is 0.305 e. The van der Waals surface area contributed by atoms with Gasteiger partial charge in [-0.3, -0.25) is 14.4 Å². The minimum atomic E-state index is -0.746. The quantitative estimate of drug-likeness (QED) is 0.355. The number of imide groups is 1. The number of thioether (sulfide) groups is 1. The Morgan fingerprint density at radius 1 is 0.946 bits per heavy atom. The first-order chi connectivity index (χ1) is 17.9. The van der Waals surface area contributed by atoms with Gasteiger partial charge in [0.25, 0.3) is 0 Å². The first-order valence-electron chi connectivity index (χ1n) is 11.7. The van der Waals surface area contributed by atoms with Gasteiger partial charge in [0.2, 0.25) is 11.8 Å². The molecule has 2 aliphatic heterocycles. The van der Waals surface area contributed by atoms with Crippen molar-refractivity contribution in [1.82, 2.24) is 4.98 Å². The predicted octanol–water partition coefficient (Wildman–Crippen LogP) is 5.26. The summed E-state index contributed by atoms with van der Waals surface area (Å²) in [4.78, 5) is 44.2. The van der Waals surface area contributed by atoms with Crippen molar-refractivity contribution in [2.45, 2.75) is 29.7 Å². The number of halogens is 1. The van der Waals surface area contributed by atoms with E-state index in [1.165, 1.54) is 36.0 Å². The van der Waals surface area contributed by atoms with E-state index < -0.39 is 22.9 Å². The number of hydrogen-bond acceptors (Lipinski definition) is 6. The maximum atomic E-state index is 13.8. The lowest BCUT2D eigenvalue weighted by atomic mass is 9.82. The van der Waals surface area contributed by atoms with Crippen LogP contribution in [0.15, 0.2) is 82.6 Å². The Kier molecular flexibility index (Phi) is 5.97. The molecule has 0 radical (unpaired) electrons. The largest absolute Gasteiger partial charge is 0.489 e. The summed E-state index contributed by atoms with van der Waals surface area (Å²) in [5.41, 5.74) is 3.21. The van der Waals surface area contributed by atoms with Gasteiger partial charge in [0.15, 0.2) is 0 Å². The third-order valence-corrected chi connectivity index (χ3v) is 9.21. The standard InChI is InChI=1S/C28H21FN2O4S2/c1-15-6-2-3-7-16(15)14-35-20-9-5-4-8-19(20)21-22-24(36-25-23(21)37-28(34)30-25)27(33)31(26(22)32)18-12-10-17(29)11-13-18/h2-13,21-22,24H,14H2,1H3,(H,30,34)/t21-,22?,24?/m1/s1. The summed E-state index contributed by atoms with van der Waals surface area (Å²) in [6.45, 7) is 2.36. The molecule has 3 aromatic carbocycles. The third-order valence-electron chi connectivity index (χ3n) is 6.81. The lowest BCUT2D eigenvalue weighted by Gasteiger charge is -2.30. The molecule has 0 saturated carbocycles. The van der Waals surface area contributed by atoms with Crippen LogP contribution in [0.4, 0.5) is 10.1 Å². The molecule has 1 N–H and O–H groups in total. The second kappa shape index (κ2) is 9.32. The highest BCUT2D eigenvalue weighted by atomic mass is 32.2. The molecule has 1 fully saturated rings. The van der Waals surface area contributed by atoms with Gasteiger partial charge in [-0.05, 0) is 48.4 Å². The number of ether oxygens (including phenoxy) is 1. The number of aryl methyl sites for hydroxylation is 1. The van der Waals surface area contributed by atoms with Gasteiger partial charge < -0.3 is 9.72 Å². The van der Waals surface area contributed by atoms with Crippen LogP contribution in [0.1, 0.15) is 27.5 Å². The van der Waals surface area contributed by atoms with Crippen LogP contribution in [0.25, 0.3) is 0 Å². The van der Waals surface area contributed by atoms with Crippen molar-refractivity contribution in [3.8, 4) is 5.75 Å². The molecule has 2 aliphatic rings. The number of thiazole rings is 1. The van der Waals surface area contributed by atoms with E-state index in [9.17, 15) is 18.8 Å². The van der Waals surface area contributed by atoms with E-state index in [2.05, 4.69) is 4.98 Å². The minimum absolute atomic E-state index is 0.240. The molecule has 0 bridgehead atoms. The Morgan fingerprint density at radius 2 is 1.68 bits per heavy atom. The van der Waals surface area contributed by atoms with Crippen LogP contribution >= 0.6 is 23.1 Å². The highest BCUT2D eigenvalue weighted by Gasteiger charge is 2.56. The summed E-state index contributed by atoms with van der Waals surface area (Å²) >= 11 is 2.26. The summed E-state index contributed by atoms with van der Waals surface area (Å²) < 4.78 is 19.8. The van der Waals surface area contributed by atoms with E-state index in [4.69, 9.17) is 4.74 Å². The fourth-order valence-electron chi connectivity index (χ4n) is 4.99. The molecule has 9 heteroatoms. The van der Waals surface area contributed by atoms with Crippen LogP contribution in [0, 0.1) is 18.7 Å². The molecule has 3 atom stereocenters. The van der Waals surface area contributed by atoms with Gasteiger partial charge in [0.1, 0.15) is 23.4 Å². The summed E-state index contributed by atoms with van der Waals surface area (Å²) in [5, 5.41) is -0.137. The smallest absolute Gasteiger partial charge is 0.305 e. The SMILES string of the molecule is Cc1ccccc1COc1ccccc1[C@H]1c2sc(=O)[nH]c2SC2C(=O)N(c3ccc(F)cc3)C(=O)C21.